The number of hydrogen-bond acceptors (Lipinski definition) is 3. The van der Waals surface area contributed by atoms with Gasteiger partial charge in [0.05, 0.1) is 18.6 Å². The summed E-state index contributed by atoms with van der Waals surface area (Å²) in [6.45, 7) is 5.30. The molecule has 0 bridgehead atoms. The molecular formula is C13H24N2O. The van der Waals surface area contributed by atoms with Crippen LogP contribution < -0.4 is 0 Å². The second kappa shape index (κ2) is 6.88. The van der Waals surface area contributed by atoms with Crippen LogP contribution >= 0.6 is 0 Å². The van der Waals surface area contributed by atoms with Crippen LogP contribution in [-0.4, -0.2) is 35.2 Å². The van der Waals surface area contributed by atoms with Crippen LogP contribution in [0.4, 0.5) is 0 Å². The highest BCUT2D eigenvalue weighted by Gasteiger charge is 2.34. The van der Waals surface area contributed by atoms with Crippen LogP contribution in [0.2, 0.25) is 0 Å². The van der Waals surface area contributed by atoms with Crippen molar-refractivity contribution in [3.63, 3.8) is 0 Å². The third-order valence-corrected chi connectivity index (χ3v) is 3.84. The van der Waals surface area contributed by atoms with Gasteiger partial charge in [0, 0.05) is 18.6 Å². The summed E-state index contributed by atoms with van der Waals surface area (Å²) in [5, 5.41) is 18.3. The fourth-order valence-electron chi connectivity index (χ4n) is 2.98. The maximum absolute atomic E-state index is 9.17. The van der Waals surface area contributed by atoms with Crippen molar-refractivity contribution < 1.29 is 5.11 Å². The van der Waals surface area contributed by atoms with E-state index < -0.39 is 0 Å². The van der Waals surface area contributed by atoms with Crippen molar-refractivity contribution >= 4 is 0 Å². The van der Waals surface area contributed by atoms with Crippen molar-refractivity contribution in [2.45, 2.75) is 58.0 Å². The van der Waals surface area contributed by atoms with Crippen LogP contribution in [0.15, 0.2) is 0 Å². The van der Waals surface area contributed by atoms with Crippen molar-refractivity contribution in [1.82, 2.24) is 4.90 Å². The number of aliphatic hydroxyl groups excluding tert-OH is 1. The van der Waals surface area contributed by atoms with Crippen LogP contribution in [0.3, 0.4) is 0 Å². The molecule has 0 spiro atoms. The average Bonchev–Trinajstić information content (AvgIpc) is 2.77. The predicted octanol–water partition coefficient (Wildman–Crippen LogP) is 2.16. The zero-order chi connectivity index (χ0) is 12.0. The minimum Gasteiger partial charge on any atom is -0.395 e. The van der Waals surface area contributed by atoms with E-state index in [0.717, 1.165) is 38.6 Å². The third-order valence-electron chi connectivity index (χ3n) is 3.84. The van der Waals surface area contributed by atoms with Gasteiger partial charge in [-0.25, -0.2) is 0 Å². The molecule has 1 saturated carbocycles. The molecule has 1 aliphatic rings. The third kappa shape index (κ3) is 2.96. The molecule has 1 aliphatic carbocycles. The lowest BCUT2D eigenvalue weighted by atomic mass is 10.00. The van der Waals surface area contributed by atoms with Gasteiger partial charge in [-0.3, -0.25) is 4.90 Å². The van der Waals surface area contributed by atoms with Gasteiger partial charge in [0.1, 0.15) is 0 Å². The molecule has 3 heteroatoms. The van der Waals surface area contributed by atoms with E-state index in [2.05, 4.69) is 24.8 Å². The monoisotopic (exact) mass is 224 g/mol. The first-order valence-electron chi connectivity index (χ1n) is 6.54. The van der Waals surface area contributed by atoms with E-state index in [1.807, 2.05) is 0 Å². The maximum Gasteiger partial charge on any atom is 0.0672 e. The van der Waals surface area contributed by atoms with E-state index in [1.54, 1.807) is 0 Å². The predicted molar refractivity (Wildman–Crippen MR) is 64.9 cm³/mol. The van der Waals surface area contributed by atoms with Crippen LogP contribution in [0.5, 0.6) is 0 Å². The van der Waals surface area contributed by atoms with Gasteiger partial charge >= 0.3 is 0 Å². The SMILES string of the molecule is CCC(CC)N(CCO)C1CCCC1C#N. The molecule has 1 rings (SSSR count). The van der Waals surface area contributed by atoms with Gasteiger partial charge in [0.15, 0.2) is 0 Å². The van der Waals surface area contributed by atoms with Crippen molar-refractivity contribution in [1.29, 1.82) is 5.26 Å². The van der Waals surface area contributed by atoms with E-state index in [0.29, 0.717) is 12.1 Å². The van der Waals surface area contributed by atoms with Gasteiger partial charge in [0.2, 0.25) is 0 Å². The van der Waals surface area contributed by atoms with Crippen molar-refractivity contribution in [3.8, 4) is 6.07 Å². The lowest BCUT2D eigenvalue weighted by Gasteiger charge is -2.36. The lowest BCUT2D eigenvalue weighted by Crippen LogP contribution is -2.45. The molecule has 0 heterocycles. The first kappa shape index (κ1) is 13.5. The van der Waals surface area contributed by atoms with Gasteiger partial charge < -0.3 is 5.11 Å². The van der Waals surface area contributed by atoms with E-state index in [1.165, 1.54) is 0 Å². The Morgan fingerprint density at radius 2 is 2.06 bits per heavy atom. The first-order chi connectivity index (χ1) is 7.78. The topological polar surface area (TPSA) is 47.3 Å². The maximum atomic E-state index is 9.17. The standard InChI is InChI=1S/C13H24N2O/c1-3-12(4-2)15(8-9-16)13-7-5-6-11(13)10-14/h11-13,16H,3-9H2,1-2H3. The fraction of sp³-hybridized carbons (Fsp3) is 0.923. The Labute approximate surface area is 99.1 Å². The molecule has 0 saturated heterocycles. The average molecular weight is 224 g/mol. The quantitative estimate of drug-likeness (QED) is 0.752. The van der Waals surface area contributed by atoms with Crippen LogP contribution in [0, 0.1) is 17.2 Å². The second-order valence-corrected chi connectivity index (χ2v) is 4.67. The number of hydrogen-bond donors (Lipinski definition) is 1. The molecule has 0 aliphatic heterocycles. The Bertz CT molecular complexity index is 233. The minimum atomic E-state index is 0.173. The summed E-state index contributed by atoms with van der Waals surface area (Å²) in [6, 6.07) is 3.33. The summed E-state index contributed by atoms with van der Waals surface area (Å²) in [7, 11) is 0. The van der Waals surface area contributed by atoms with Crippen molar-refractivity contribution in [3.05, 3.63) is 0 Å². The minimum absolute atomic E-state index is 0.173. The number of nitriles is 1. The molecule has 0 aromatic carbocycles. The lowest BCUT2D eigenvalue weighted by molar-refractivity contribution is 0.0869. The molecule has 16 heavy (non-hydrogen) atoms. The molecule has 2 atom stereocenters. The highest BCUT2D eigenvalue weighted by Crippen LogP contribution is 2.31. The second-order valence-electron chi connectivity index (χ2n) is 4.67. The molecule has 1 fully saturated rings. The van der Waals surface area contributed by atoms with Gasteiger partial charge in [-0.05, 0) is 25.7 Å². The molecule has 3 nitrogen and oxygen atoms in total. The van der Waals surface area contributed by atoms with Gasteiger partial charge in [-0.2, -0.15) is 5.26 Å². The molecule has 92 valence electrons. The number of rotatable bonds is 6. The molecular weight excluding hydrogens is 200 g/mol. The van der Waals surface area contributed by atoms with Gasteiger partial charge in [0.25, 0.3) is 0 Å². The van der Waals surface area contributed by atoms with Gasteiger partial charge in [-0.15, -0.1) is 0 Å². The molecule has 2 unspecified atom stereocenters. The normalized spacial score (nSPS) is 25.2. The van der Waals surface area contributed by atoms with Crippen molar-refractivity contribution in [2.75, 3.05) is 13.2 Å². The smallest absolute Gasteiger partial charge is 0.0672 e. The summed E-state index contributed by atoms with van der Waals surface area (Å²) in [5.41, 5.74) is 0. The van der Waals surface area contributed by atoms with Crippen LogP contribution in [-0.2, 0) is 0 Å². The van der Waals surface area contributed by atoms with E-state index in [9.17, 15) is 5.11 Å². The van der Waals surface area contributed by atoms with Crippen molar-refractivity contribution in [2.24, 2.45) is 5.92 Å². The van der Waals surface area contributed by atoms with E-state index in [-0.39, 0.29) is 12.5 Å². The molecule has 0 aromatic rings. The summed E-state index contributed by atoms with van der Waals surface area (Å²) in [5.74, 6) is 0.173. The van der Waals surface area contributed by atoms with Gasteiger partial charge in [-0.1, -0.05) is 20.3 Å². The summed E-state index contributed by atoms with van der Waals surface area (Å²) >= 11 is 0. The van der Waals surface area contributed by atoms with Crippen LogP contribution in [0.1, 0.15) is 46.0 Å². The van der Waals surface area contributed by atoms with E-state index in [4.69, 9.17) is 5.26 Å². The van der Waals surface area contributed by atoms with Crippen LogP contribution in [0.25, 0.3) is 0 Å². The first-order valence-corrected chi connectivity index (χ1v) is 6.54. The Morgan fingerprint density at radius 1 is 1.38 bits per heavy atom. The Morgan fingerprint density at radius 3 is 2.56 bits per heavy atom. The number of nitrogens with zero attached hydrogens (tertiary/aromatic N) is 2. The Hall–Kier alpha value is -0.590. The zero-order valence-corrected chi connectivity index (χ0v) is 10.5. The summed E-state index contributed by atoms with van der Waals surface area (Å²) in [6.07, 6.45) is 5.51. The Balaban J connectivity index is 2.71. The Kier molecular flexibility index (Phi) is 5.79. The highest BCUT2D eigenvalue weighted by atomic mass is 16.3. The number of aliphatic hydroxyl groups is 1. The fourth-order valence-corrected chi connectivity index (χ4v) is 2.98. The molecule has 1 N–H and O–H groups in total. The highest BCUT2D eigenvalue weighted by molar-refractivity contribution is 4.98. The molecule has 0 aromatic heterocycles. The summed E-state index contributed by atoms with van der Waals surface area (Å²) < 4.78 is 0. The van der Waals surface area contributed by atoms with E-state index >= 15 is 0 Å². The molecule has 0 radical (unpaired) electrons. The zero-order valence-electron chi connectivity index (χ0n) is 10.5. The summed E-state index contributed by atoms with van der Waals surface area (Å²) in [4.78, 5) is 2.38. The largest absolute Gasteiger partial charge is 0.395 e. The molecule has 0 amide bonds.